The van der Waals surface area contributed by atoms with Crippen LogP contribution in [0.4, 0.5) is 0 Å². The van der Waals surface area contributed by atoms with Gasteiger partial charge in [-0.05, 0) is 49.6 Å². The van der Waals surface area contributed by atoms with Crippen molar-refractivity contribution >= 4 is 35.0 Å². The first kappa shape index (κ1) is 23.4. The van der Waals surface area contributed by atoms with Gasteiger partial charge in [0.15, 0.2) is 6.61 Å². The molecule has 7 heteroatoms. The van der Waals surface area contributed by atoms with E-state index < -0.39 is 6.04 Å². The van der Waals surface area contributed by atoms with E-state index in [1.807, 2.05) is 12.1 Å². The van der Waals surface area contributed by atoms with Crippen LogP contribution in [0.5, 0.6) is 5.75 Å². The molecule has 1 unspecified atom stereocenters. The van der Waals surface area contributed by atoms with Gasteiger partial charge in [0, 0.05) is 17.6 Å². The van der Waals surface area contributed by atoms with Crippen molar-refractivity contribution in [2.45, 2.75) is 57.7 Å². The van der Waals surface area contributed by atoms with Gasteiger partial charge in [-0.2, -0.15) is 0 Å². The van der Waals surface area contributed by atoms with Gasteiger partial charge in [0.1, 0.15) is 11.8 Å². The lowest BCUT2D eigenvalue weighted by molar-refractivity contribution is -0.142. The number of ether oxygens (including phenoxy) is 1. The Bertz CT molecular complexity index is 900. The van der Waals surface area contributed by atoms with Crippen LogP contribution >= 0.6 is 23.2 Å². The molecule has 31 heavy (non-hydrogen) atoms. The second-order valence-corrected chi connectivity index (χ2v) is 8.73. The van der Waals surface area contributed by atoms with E-state index in [2.05, 4.69) is 5.32 Å². The molecule has 2 amide bonds. The smallest absolute Gasteiger partial charge is 0.261 e. The predicted octanol–water partition coefficient (Wildman–Crippen LogP) is 5.24. The molecule has 1 saturated carbocycles. The molecule has 3 rings (SSSR count). The van der Waals surface area contributed by atoms with Crippen molar-refractivity contribution in [3.63, 3.8) is 0 Å². The molecule has 2 aromatic carbocycles. The molecule has 0 aliphatic heterocycles. The largest absolute Gasteiger partial charge is 0.482 e. The van der Waals surface area contributed by atoms with E-state index in [4.69, 9.17) is 27.9 Å². The van der Waals surface area contributed by atoms with Gasteiger partial charge >= 0.3 is 0 Å². The van der Waals surface area contributed by atoms with E-state index in [9.17, 15) is 9.59 Å². The molecule has 0 radical (unpaired) electrons. The third kappa shape index (κ3) is 6.88. The first-order valence-corrected chi connectivity index (χ1v) is 11.4. The summed E-state index contributed by atoms with van der Waals surface area (Å²) in [6, 6.07) is 13.8. The summed E-state index contributed by atoms with van der Waals surface area (Å²) in [7, 11) is 0. The normalized spacial score (nSPS) is 15.2. The molecule has 5 nitrogen and oxygen atoms in total. The van der Waals surface area contributed by atoms with Crippen LogP contribution in [0.2, 0.25) is 10.0 Å². The summed E-state index contributed by atoms with van der Waals surface area (Å²) in [5, 5.41) is 4.12. The summed E-state index contributed by atoms with van der Waals surface area (Å²) in [4.78, 5) is 27.6. The van der Waals surface area contributed by atoms with Crippen LogP contribution in [0.1, 0.15) is 44.6 Å². The molecular weight excluding hydrogens is 435 g/mol. The van der Waals surface area contributed by atoms with Gasteiger partial charge in [-0.25, -0.2) is 0 Å². The molecule has 0 aromatic heterocycles. The highest BCUT2D eigenvalue weighted by Crippen LogP contribution is 2.23. The zero-order chi connectivity index (χ0) is 22.2. The topological polar surface area (TPSA) is 58.6 Å². The molecule has 0 saturated heterocycles. The summed E-state index contributed by atoms with van der Waals surface area (Å²) < 4.78 is 5.64. The average Bonchev–Trinajstić information content (AvgIpc) is 2.77. The lowest BCUT2D eigenvalue weighted by atomic mass is 9.95. The van der Waals surface area contributed by atoms with Crippen molar-refractivity contribution in [3.05, 3.63) is 64.1 Å². The van der Waals surface area contributed by atoms with E-state index >= 15 is 0 Å². The second-order valence-electron chi connectivity index (χ2n) is 7.89. The maximum Gasteiger partial charge on any atom is 0.261 e. The number of benzene rings is 2. The summed E-state index contributed by atoms with van der Waals surface area (Å²) >= 11 is 12.2. The fourth-order valence-corrected chi connectivity index (χ4v) is 4.17. The number of para-hydroxylation sites is 1. The highest BCUT2D eigenvalue weighted by atomic mass is 35.5. The Balaban J connectivity index is 1.71. The SMILES string of the molecule is CC(C(=O)NC1CCCCC1)N(Cc1cccc(Cl)c1)C(=O)COc1ccccc1Cl. The monoisotopic (exact) mass is 462 g/mol. The van der Waals surface area contributed by atoms with E-state index in [0.29, 0.717) is 15.8 Å². The molecule has 0 bridgehead atoms. The Morgan fingerprint density at radius 1 is 1.10 bits per heavy atom. The van der Waals surface area contributed by atoms with Crippen LogP contribution in [-0.2, 0) is 16.1 Å². The van der Waals surface area contributed by atoms with Crippen molar-refractivity contribution in [1.29, 1.82) is 0 Å². The Kier molecular flexibility index (Phi) is 8.61. The maximum absolute atomic E-state index is 13.1. The average molecular weight is 463 g/mol. The second kappa shape index (κ2) is 11.4. The molecule has 1 fully saturated rings. The van der Waals surface area contributed by atoms with E-state index in [1.54, 1.807) is 43.3 Å². The molecule has 2 aromatic rings. The van der Waals surface area contributed by atoms with Crippen molar-refractivity contribution in [2.24, 2.45) is 0 Å². The van der Waals surface area contributed by atoms with Crippen LogP contribution in [0, 0.1) is 0 Å². The molecule has 1 N–H and O–H groups in total. The van der Waals surface area contributed by atoms with Gasteiger partial charge in [0.25, 0.3) is 5.91 Å². The standard InChI is InChI=1S/C24H28Cl2N2O3/c1-17(24(30)27-20-10-3-2-4-11-20)28(15-18-8-7-9-19(25)14-18)23(29)16-31-22-13-6-5-12-21(22)26/h5-9,12-14,17,20H,2-4,10-11,15-16H2,1H3,(H,27,30). The Morgan fingerprint density at radius 3 is 2.55 bits per heavy atom. The molecule has 166 valence electrons. The fourth-order valence-electron chi connectivity index (χ4n) is 3.77. The van der Waals surface area contributed by atoms with Crippen LogP contribution in [0.3, 0.4) is 0 Å². The molecule has 0 spiro atoms. The first-order chi connectivity index (χ1) is 14.9. The van der Waals surface area contributed by atoms with E-state index in [0.717, 1.165) is 31.2 Å². The van der Waals surface area contributed by atoms with E-state index in [1.165, 1.54) is 11.3 Å². The minimum absolute atomic E-state index is 0.153. The third-order valence-corrected chi connectivity index (χ3v) is 6.10. The molecule has 1 aliphatic carbocycles. The van der Waals surface area contributed by atoms with Gasteiger partial charge in [0.05, 0.1) is 5.02 Å². The number of hydrogen-bond acceptors (Lipinski definition) is 3. The van der Waals surface area contributed by atoms with Crippen LogP contribution < -0.4 is 10.1 Å². The summed E-state index contributed by atoms with van der Waals surface area (Å²) in [6.07, 6.45) is 5.42. The van der Waals surface area contributed by atoms with Gasteiger partial charge in [-0.1, -0.05) is 66.7 Å². The summed E-state index contributed by atoms with van der Waals surface area (Å²) in [5.74, 6) is -0.0225. The van der Waals surface area contributed by atoms with Crippen molar-refractivity contribution in [1.82, 2.24) is 10.2 Å². The predicted molar refractivity (Wildman–Crippen MR) is 123 cm³/mol. The number of nitrogens with zero attached hydrogens (tertiary/aromatic N) is 1. The van der Waals surface area contributed by atoms with Gasteiger partial charge in [0.2, 0.25) is 5.91 Å². The molecule has 0 heterocycles. The summed E-state index contributed by atoms with van der Waals surface area (Å²) in [5.41, 5.74) is 0.843. The quantitative estimate of drug-likeness (QED) is 0.583. The van der Waals surface area contributed by atoms with Crippen LogP contribution in [-0.4, -0.2) is 35.4 Å². The van der Waals surface area contributed by atoms with Crippen LogP contribution in [0.15, 0.2) is 48.5 Å². The minimum atomic E-state index is -0.650. The number of rotatable bonds is 8. The zero-order valence-electron chi connectivity index (χ0n) is 17.7. The molecule has 1 aliphatic rings. The summed E-state index contributed by atoms with van der Waals surface area (Å²) in [6.45, 7) is 1.78. The maximum atomic E-state index is 13.1. The van der Waals surface area contributed by atoms with Crippen molar-refractivity contribution in [3.8, 4) is 5.75 Å². The highest BCUT2D eigenvalue weighted by molar-refractivity contribution is 6.32. The lowest BCUT2D eigenvalue weighted by Gasteiger charge is -2.31. The number of nitrogens with one attached hydrogen (secondary N) is 1. The first-order valence-electron chi connectivity index (χ1n) is 10.7. The van der Waals surface area contributed by atoms with Crippen LogP contribution in [0.25, 0.3) is 0 Å². The zero-order valence-corrected chi connectivity index (χ0v) is 19.2. The number of halogens is 2. The molecule has 1 atom stereocenters. The Morgan fingerprint density at radius 2 is 1.84 bits per heavy atom. The van der Waals surface area contributed by atoms with Crippen molar-refractivity contribution < 1.29 is 14.3 Å². The lowest BCUT2D eigenvalue weighted by Crippen LogP contribution is -2.51. The Labute approximate surface area is 193 Å². The number of hydrogen-bond donors (Lipinski definition) is 1. The Hall–Kier alpha value is -2.24. The fraction of sp³-hybridized carbons (Fsp3) is 0.417. The minimum Gasteiger partial charge on any atom is -0.482 e. The van der Waals surface area contributed by atoms with Gasteiger partial charge < -0.3 is 15.0 Å². The number of carbonyl (C=O) groups is 2. The highest BCUT2D eigenvalue weighted by Gasteiger charge is 2.28. The number of amides is 2. The van der Waals surface area contributed by atoms with Gasteiger partial charge in [-0.3, -0.25) is 9.59 Å². The van der Waals surface area contributed by atoms with Gasteiger partial charge in [-0.15, -0.1) is 0 Å². The molecular formula is C24H28Cl2N2O3. The third-order valence-electron chi connectivity index (χ3n) is 5.55. The van der Waals surface area contributed by atoms with E-state index in [-0.39, 0.29) is 31.0 Å². The number of carbonyl (C=O) groups excluding carboxylic acids is 2. The van der Waals surface area contributed by atoms with Crippen molar-refractivity contribution in [2.75, 3.05) is 6.61 Å².